The number of morpholine rings is 1. The van der Waals surface area contributed by atoms with E-state index >= 15 is 0 Å². The molecule has 0 spiro atoms. The lowest BCUT2D eigenvalue weighted by Gasteiger charge is -2.49. The third-order valence-electron chi connectivity index (χ3n) is 4.27. The monoisotopic (exact) mass is 247 g/mol. The van der Waals surface area contributed by atoms with Crippen molar-refractivity contribution < 1.29 is 9.84 Å². The van der Waals surface area contributed by atoms with Crippen LogP contribution in [0.1, 0.15) is 31.2 Å². The summed E-state index contributed by atoms with van der Waals surface area (Å²) in [6, 6.07) is 10.2. The normalized spacial score (nSPS) is 37.2. The van der Waals surface area contributed by atoms with Crippen LogP contribution >= 0.6 is 0 Å². The van der Waals surface area contributed by atoms with Crippen LogP contribution in [0.2, 0.25) is 0 Å². The van der Waals surface area contributed by atoms with E-state index in [9.17, 15) is 5.11 Å². The Hall–Kier alpha value is -0.900. The van der Waals surface area contributed by atoms with Crippen molar-refractivity contribution in [1.82, 2.24) is 4.90 Å². The zero-order valence-electron chi connectivity index (χ0n) is 10.9. The van der Waals surface area contributed by atoms with Crippen LogP contribution in [0, 0.1) is 0 Å². The number of rotatable bonds is 1. The topological polar surface area (TPSA) is 32.7 Å². The predicted molar refractivity (Wildman–Crippen MR) is 70.1 cm³/mol. The van der Waals surface area contributed by atoms with Crippen LogP contribution in [0.3, 0.4) is 0 Å². The van der Waals surface area contributed by atoms with Crippen molar-refractivity contribution in [2.45, 2.75) is 43.6 Å². The van der Waals surface area contributed by atoms with Crippen molar-refractivity contribution in [3.05, 3.63) is 35.9 Å². The maximum atomic E-state index is 10.8. The highest BCUT2D eigenvalue weighted by Crippen LogP contribution is 2.37. The molecule has 1 saturated heterocycles. The molecule has 3 heteroatoms. The number of ether oxygens (including phenoxy) is 1. The molecule has 0 aromatic heterocycles. The number of β-amino-alcohol motifs (C(OH)–C–C–N with tert-alkyl or cyclic N) is 1. The molecule has 1 aliphatic heterocycles. The van der Waals surface area contributed by atoms with Gasteiger partial charge < -0.3 is 9.84 Å². The summed E-state index contributed by atoms with van der Waals surface area (Å²) in [6.07, 6.45) is 4.90. The van der Waals surface area contributed by atoms with E-state index < -0.39 is 5.79 Å². The lowest BCUT2D eigenvalue weighted by atomic mass is 9.88. The first-order chi connectivity index (χ1) is 8.69. The molecule has 1 aromatic carbocycles. The zero-order chi connectivity index (χ0) is 12.6. The Bertz CT molecular complexity index is 408. The molecule has 1 N–H and O–H groups in total. The number of hydrogen-bond acceptors (Lipinski definition) is 3. The van der Waals surface area contributed by atoms with Crippen LogP contribution in [0.5, 0.6) is 0 Å². The Kier molecular flexibility index (Phi) is 3.14. The highest BCUT2D eigenvalue weighted by atomic mass is 16.6. The molecule has 1 heterocycles. The van der Waals surface area contributed by atoms with Crippen molar-refractivity contribution in [2.24, 2.45) is 0 Å². The lowest BCUT2D eigenvalue weighted by Crippen LogP contribution is -2.58. The number of fused-ring (bicyclic) bond motifs is 1. The highest BCUT2D eigenvalue weighted by molar-refractivity contribution is 5.21. The Morgan fingerprint density at radius 3 is 2.72 bits per heavy atom. The first kappa shape index (κ1) is 12.2. The zero-order valence-corrected chi connectivity index (χ0v) is 10.9. The van der Waals surface area contributed by atoms with Crippen LogP contribution < -0.4 is 0 Å². The maximum Gasteiger partial charge on any atom is 0.205 e. The van der Waals surface area contributed by atoms with Gasteiger partial charge in [0.05, 0.1) is 12.6 Å². The fourth-order valence-electron chi connectivity index (χ4n) is 3.32. The first-order valence-electron chi connectivity index (χ1n) is 6.85. The van der Waals surface area contributed by atoms with Gasteiger partial charge in [0.25, 0.3) is 0 Å². The van der Waals surface area contributed by atoms with Crippen LogP contribution in [-0.2, 0) is 10.5 Å². The number of benzene rings is 1. The van der Waals surface area contributed by atoms with Crippen molar-refractivity contribution in [2.75, 3.05) is 13.6 Å². The second-order valence-corrected chi connectivity index (χ2v) is 5.57. The van der Waals surface area contributed by atoms with Crippen molar-refractivity contribution in [3.63, 3.8) is 0 Å². The molecule has 98 valence electrons. The van der Waals surface area contributed by atoms with Crippen molar-refractivity contribution >= 4 is 0 Å². The van der Waals surface area contributed by atoms with E-state index in [2.05, 4.69) is 11.9 Å². The molecule has 3 unspecified atom stereocenters. The van der Waals surface area contributed by atoms with Crippen LogP contribution in [0.4, 0.5) is 0 Å². The number of nitrogens with zero attached hydrogens (tertiary/aromatic N) is 1. The van der Waals surface area contributed by atoms with Gasteiger partial charge in [-0.2, -0.15) is 0 Å². The fraction of sp³-hybridized carbons (Fsp3) is 0.600. The molecular weight excluding hydrogens is 226 g/mol. The number of likely N-dealkylation sites (N-methyl/N-ethyl adjacent to an activating group) is 1. The van der Waals surface area contributed by atoms with E-state index in [-0.39, 0.29) is 6.10 Å². The molecule has 1 saturated carbocycles. The summed E-state index contributed by atoms with van der Waals surface area (Å²) in [5.41, 5.74) is 0.862. The van der Waals surface area contributed by atoms with Crippen LogP contribution in [0.25, 0.3) is 0 Å². The van der Waals surface area contributed by atoms with Gasteiger partial charge in [0, 0.05) is 11.6 Å². The molecule has 18 heavy (non-hydrogen) atoms. The second-order valence-electron chi connectivity index (χ2n) is 5.57. The standard InChI is InChI=1S/C15H21NO2/c1-16-11-15(17,12-7-3-2-4-8-12)18-14-10-6-5-9-13(14)16/h2-4,7-8,13-14,17H,5-6,9-11H2,1H3. The van der Waals surface area contributed by atoms with Gasteiger partial charge in [-0.1, -0.05) is 43.2 Å². The van der Waals surface area contributed by atoms with Gasteiger partial charge in [0.15, 0.2) is 0 Å². The lowest BCUT2D eigenvalue weighted by molar-refractivity contribution is -0.293. The van der Waals surface area contributed by atoms with Gasteiger partial charge in [-0.05, 0) is 19.9 Å². The van der Waals surface area contributed by atoms with Gasteiger partial charge >= 0.3 is 0 Å². The summed E-state index contributed by atoms with van der Waals surface area (Å²) in [7, 11) is 2.10. The molecule has 1 aromatic rings. The highest BCUT2D eigenvalue weighted by Gasteiger charge is 2.45. The molecule has 1 aliphatic carbocycles. The van der Waals surface area contributed by atoms with E-state index in [1.807, 2.05) is 30.3 Å². The van der Waals surface area contributed by atoms with E-state index in [0.717, 1.165) is 12.0 Å². The quantitative estimate of drug-likeness (QED) is 0.825. The molecule has 3 nitrogen and oxygen atoms in total. The first-order valence-corrected chi connectivity index (χ1v) is 6.85. The summed E-state index contributed by atoms with van der Waals surface area (Å²) in [6.45, 7) is 0.554. The molecule has 0 bridgehead atoms. The summed E-state index contributed by atoms with van der Waals surface area (Å²) < 4.78 is 6.05. The average molecular weight is 247 g/mol. The third-order valence-corrected chi connectivity index (χ3v) is 4.27. The van der Waals surface area contributed by atoms with Crippen molar-refractivity contribution in [3.8, 4) is 0 Å². The third kappa shape index (κ3) is 2.07. The van der Waals surface area contributed by atoms with Gasteiger partial charge in [0.2, 0.25) is 5.79 Å². The second kappa shape index (κ2) is 4.65. The predicted octanol–water partition coefficient (Wildman–Crippen LogP) is 2.10. The fourth-order valence-corrected chi connectivity index (χ4v) is 3.32. The van der Waals surface area contributed by atoms with Gasteiger partial charge in [0.1, 0.15) is 0 Å². The van der Waals surface area contributed by atoms with Crippen molar-refractivity contribution in [1.29, 1.82) is 0 Å². The van der Waals surface area contributed by atoms with E-state index in [4.69, 9.17) is 4.74 Å². The molecule has 2 fully saturated rings. The molecular formula is C15H21NO2. The molecule has 3 atom stereocenters. The van der Waals surface area contributed by atoms with E-state index in [0.29, 0.717) is 12.6 Å². The summed E-state index contributed by atoms with van der Waals surface area (Å²) >= 11 is 0. The van der Waals surface area contributed by atoms with Gasteiger partial charge in [-0.3, -0.25) is 4.90 Å². The largest absolute Gasteiger partial charge is 0.361 e. The molecule has 0 amide bonds. The van der Waals surface area contributed by atoms with Crippen LogP contribution in [0.15, 0.2) is 30.3 Å². The minimum Gasteiger partial charge on any atom is -0.361 e. The van der Waals surface area contributed by atoms with Gasteiger partial charge in [-0.25, -0.2) is 0 Å². The molecule has 0 radical (unpaired) electrons. The summed E-state index contributed by atoms with van der Waals surface area (Å²) in [5, 5.41) is 10.8. The molecule has 2 aliphatic rings. The Morgan fingerprint density at radius 1 is 1.22 bits per heavy atom. The molecule has 3 rings (SSSR count). The number of aliphatic hydroxyl groups is 1. The average Bonchev–Trinajstić information content (AvgIpc) is 2.40. The number of hydrogen-bond donors (Lipinski definition) is 1. The SMILES string of the molecule is CN1CC(O)(c2ccccc2)OC2CCCCC21. The van der Waals surface area contributed by atoms with E-state index in [1.54, 1.807) is 0 Å². The van der Waals surface area contributed by atoms with Crippen LogP contribution in [-0.4, -0.2) is 35.7 Å². The Balaban J connectivity index is 1.86. The van der Waals surface area contributed by atoms with Gasteiger partial charge in [-0.15, -0.1) is 0 Å². The Labute approximate surface area is 108 Å². The minimum atomic E-state index is -1.14. The summed E-state index contributed by atoms with van der Waals surface area (Å²) in [4.78, 5) is 2.26. The van der Waals surface area contributed by atoms with E-state index in [1.165, 1.54) is 19.3 Å². The smallest absolute Gasteiger partial charge is 0.205 e. The summed E-state index contributed by atoms with van der Waals surface area (Å²) in [5.74, 6) is -1.14. The Morgan fingerprint density at radius 2 is 1.94 bits per heavy atom. The maximum absolute atomic E-state index is 10.8. The minimum absolute atomic E-state index is 0.169.